The van der Waals surface area contributed by atoms with Crippen molar-refractivity contribution in [1.82, 2.24) is 15.2 Å². The zero-order valence-electron chi connectivity index (χ0n) is 10.3. The molecule has 0 fully saturated rings. The van der Waals surface area contributed by atoms with Gasteiger partial charge in [-0.05, 0) is 19.1 Å². The molecular formula is C11H9ClN4O3S. The standard InChI is InChI=1S/C11H9ClN4O3S/c1-6-15-16-11(20-6)14-9(17)5-19-10(18)7-2-3-13-8(12)4-7/h2-4H,5H2,1H3,(H,14,16,17). The number of halogens is 1. The van der Waals surface area contributed by atoms with Gasteiger partial charge in [0.25, 0.3) is 5.91 Å². The molecule has 0 aromatic carbocycles. The first-order chi connectivity index (χ1) is 9.54. The summed E-state index contributed by atoms with van der Waals surface area (Å²) in [5.74, 6) is -1.15. The molecule has 1 N–H and O–H groups in total. The second kappa shape index (κ2) is 6.40. The maximum absolute atomic E-state index is 11.6. The summed E-state index contributed by atoms with van der Waals surface area (Å²) in [6.07, 6.45) is 1.38. The minimum Gasteiger partial charge on any atom is -0.452 e. The highest BCUT2D eigenvalue weighted by atomic mass is 35.5. The third-order valence-electron chi connectivity index (χ3n) is 2.07. The Bertz CT molecular complexity index is 646. The predicted molar refractivity (Wildman–Crippen MR) is 72.8 cm³/mol. The van der Waals surface area contributed by atoms with Gasteiger partial charge in [0.15, 0.2) is 6.61 Å². The van der Waals surface area contributed by atoms with E-state index in [4.69, 9.17) is 16.3 Å². The molecule has 0 spiro atoms. The van der Waals surface area contributed by atoms with Crippen molar-refractivity contribution in [3.05, 3.63) is 34.1 Å². The average Bonchev–Trinajstić information content (AvgIpc) is 2.81. The summed E-state index contributed by atoms with van der Waals surface area (Å²) in [6.45, 7) is 1.35. The molecule has 0 aliphatic heterocycles. The van der Waals surface area contributed by atoms with Crippen LogP contribution in [0.5, 0.6) is 0 Å². The maximum Gasteiger partial charge on any atom is 0.338 e. The van der Waals surface area contributed by atoms with Crippen LogP contribution in [-0.2, 0) is 9.53 Å². The van der Waals surface area contributed by atoms with Gasteiger partial charge in [-0.2, -0.15) is 0 Å². The van der Waals surface area contributed by atoms with Crippen molar-refractivity contribution in [2.24, 2.45) is 0 Å². The van der Waals surface area contributed by atoms with Crippen molar-refractivity contribution < 1.29 is 14.3 Å². The monoisotopic (exact) mass is 312 g/mol. The molecule has 2 aromatic rings. The van der Waals surface area contributed by atoms with Crippen LogP contribution in [0.1, 0.15) is 15.4 Å². The van der Waals surface area contributed by atoms with Gasteiger partial charge in [0, 0.05) is 6.20 Å². The summed E-state index contributed by atoms with van der Waals surface area (Å²) < 4.78 is 4.84. The van der Waals surface area contributed by atoms with Crippen molar-refractivity contribution in [2.75, 3.05) is 11.9 Å². The Morgan fingerprint density at radius 2 is 2.25 bits per heavy atom. The third kappa shape index (κ3) is 3.97. The number of amides is 1. The van der Waals surface area contributed by atoms with Crippen LogP contribution >= 0.6 is 22.9 Å². The van der Waals surface area contributed by atoms with Crippen LogP contribution in [0.25, 0.3) is 0 Å². The van der Waals surface area contributed by atoms with Crippen LogP contribution in [-0.4, -0.2) is 33.7 Å². The Balaban J connectivity index is 1.85. The van der Waals surface area contributed by atoms with E-state index in [9.17, 15) is 9.59 Å². The molecular weight excluding hydrogens is 304 g/mol. The van der Waals surface area contributed by atoms with Gasteiger partial charge in [0.2, 0.25) is 5.13 Å². The fourth-order valence-corrected chi connectivity index (χ4v) is 2.03. The Morgan fingerprint density at radius 1 is 1.45 bits per heavy atom. The maximum atomic E-state index is 11.6. The molecule has 9 heteroatoms. The lowest BCUT2D eigenvalue weighted by Crippen LogP contribution is -2.20. The van der Waals surface area contributed by atoms with Crippen LogP contribution in [0.2, 0.25) is 5.15 Å². The van der Waals surface area contributed by atoms with Gasteiger partial charge in [-0.25, -0.2) is 9.78 Å². The smallest absolute Gasteiger partial charge is 0.338 e. The highest BCUT2D eigenvalue weighted by Gasteiger charge is 2.12. The fourth-order valence-electron chi connectivity index (χ4n) is 1.25. The summed E-state index contributed by atoms with van der Waals surface area (Å²) in [5, 5.41) is 11.2. The van der Waals surface area contributed by atoms with Crippen molar-refractivity contribution in [1.29, 1.82) is 0 Å². The Kier molecular flexibility index (Phi) is 4.59. The first-order valence-electron chi connectivity index (χ1n) is 5.43. The molecule has 1 amide bonds. The van der Waals surface area contributed by atoms with Gasteiger partial charge in [0.05, 0.1) is 5.56 Å². The van der Waals surface area contributed by atoms with E-state index < -0.39 is 18.5 Å². The lowest BCUT2D eigenvalue weighted by Gasteiger charge is -2.04. The molecule has 2 heterocycles. The highest BCUT2D eigenvalue weighted by Crippen LogP contribution is 2.13. The number of anilines is 1. The summed E-state index contributed by atoms with van der Waals surface area (Å²) in [7, 11) is 0. The van der Waals surface area contributed by atoms with E-state index in [1.54, 1.807) is 6.92 Å². The zero-order chi connectivity index (χ0) is 14.5. The Morgan fingerprint density at radius 3 is 2.90 bits per heavy atom. The number of carbonyl (C=O) groups excluding carboxylic acids is 2. The summed E-state index contributed by atoms with van der Waals surface area (Å²) in [5.41, 5.74) is 0.226. The van der Waals surface area contributed by atoms with Gasteiger partial charge in [-0.15, -0.1) is 10.2 Å². The number of ether oxygens (including phenoxy) is 1. The van der Waals surface area contributed by atoms with E-state index in [0.29, 0.717) is 5.13 Å². The SMILES string of the molecule is Cc1nnc(NC(=O)COC(=O)c2ccnc(Cl)c2)s1. The third-order valence-corrected chi connectivity index (χ3v) is 3.03. The molecule has 104 valence electrons. The van der Waals surface area contributed by atoms with Crippen molar-refractivity contribution in [3.8, 4) is 0 Å². The summed E-state index contributed by atoms with van der Waals surface area (Å²) >= 11 is 6.88. The molecule has 0 bridgehead atoms. The van der Waals surface area contributed by atoms with Gasteiger partial charge in [0.1, 0.15) is 10.2 Å². The van der Waals surface area contributed by atoms with Gasteiger partial charge in [-0.1, -0.05) is 22.9 Å². The molecule has 0 atom stereocenters. The topological polar surface area (TPSA) is 94.1 Å². The first-order valence-corrected chi connectivity index (χ1v) is 6.62. The second-order valence-electron chi connectivity index (χ2n) is 3.62. The number of rotatable bonds is 4. The molecule has 7 nitrogen and oxygen atoms in total. The molecule has 2 rings (SSSR count). The largest absolute Gasteiger partial charge is 0.452 e. The van der Waals surface area contributed by atoms with Crippen LogP contribution in [0.15, 0.2) is 18.3 Å². The van der Waals surface area contributed by atoms with Gasteiger partial charge >= 0.3 is 5.97 Å². The number of hydrogen-bond donors (Lipinski definition) is 1. The number of nitrogens with one attached hydrogen (secondary N) is 1. The van der Waals surface area contributed by atoms with E-state index >= 15 is 0 Å². The second-order valence-corrected chi connectivity index (χ2v) is 5.19. The molecule has 0 radical (unpaired) electrons. The molecule has 2 aromatic heterocycles. The number of nitrogens with zero attached hydrogens (tertiary/aromatic N) is 3. The number of esters is 1. The number of pyridine rings is 1. The minimum absolute atomic E-state index is 0.174. The quantitative estimate of drug-likeness (QED) is 0.682. The Labute approximate surface area is 123 Å². The van der Waals surface area contributed by atoms with E-state index in [1.165, 1.54) is 29.7 Å². The van der Waals surface area contributed by atoms with Gasteiger partial charge in [-0.3, -0.25) is 10.1 Å². The molecule has 0 saturated heterocycles. The number of hydrogen-bond acceptors (Lipinski definition) is 7. The lowest BCUT2D eigenvalue weighted by atomic mass is 10.3. The van der Waals surface area contributed by atoms with Crippen LogP contribution < -0.4 is 5.32 Å². The normalized spacial score (nSPS) is 10.1. The van der Waals surface area contributed by atoms with Crippen LogP contribution in [0, 0.1) is 6.92 Å². The van der Waals surface area contributed by atoms with E-state index in [1.807, 2.05) is 0 Å². The molecule has 0 saturated carbocycles. The number of carbonyl (C=O) groups is 2. The van der Waals surface area contributed by atoms with E-state index in [0.717, 1.165) is 5.01 Å². The van der Waals surface area contributed by atoms with E-state index in [2.05, 4.69) is 20.5 Å². The van der Waals surface area contributed by atoms with E-state index in [-0.39, 0.29) is 10.7 Å². The summed E-state index contributed by atoms with van der Waals surface area (Å²) in [6, 6.07) is 2.80. The fraction of sp³-hybridized carbons (Fsp3) is 0.182. The molecule has 0 aliphatic carbocycles. The molecule has 0 unspecified atom stereocenters. The predicted octanol–water partition coefficient (Wildman–Crippen LogP) is 1.69. The van der Waals surface area contributed by atoms with Crippen molar-refractivity contribution in [3.63, 3.8) is 0 Å². The van der Waals surface area contributed by atoms with Crippen molar-refractivity contribution >= 4 is 39.9 Å². The molecule has 0 aliphatic rings. The zero-order valence-corrected chi connectivity index (χ0v) is 11.9. The number of aromatic nitrogens is 3. The van der Waals surface area contributed by atoms with Crippen LogP contribution in [0.4, 0.5) is 5.13 Å². The summed E-state index contributed by atoms with van der Waals surface area (Å²) in [4.78, 5) is 26.9. The lowest BCUT2D eigenvalue weighted by molar-refractivity contribution is -0.119. The molecule has 20 heavy (non-hydrogen) atoms. The highest BCUT2D eigenvalue weighted by molar-refractivity contribution is 7.15. The number of aryl methyl sites for hydroxylation is 1. The average molecular weight is 313 g/mol. The van der Waals surface area contributed by atoms with Gasteiger partial charge < -0.3 is 4.74 Å². The van der Waals surface area contributed by atoms with Crippen molar-refractivity contribution in [2.45, 2.75) is 6.92 Å². The minimum atomic E-state index is -0.655. The first kappa shape index (κ1) is 14.4. The van der Waals surface area contributed by atoms with Crippen LogP contribution in [0.3, 0.4) is 0 Å². The Hall–Kier alpha value is -2.06.